The van der Waals surface area contributed by atoms with Crippen LogP contribution in [0.4, 0.5) is 0 Å². The Kier molecular flexibility index (Phi) is 9.34. The summed E-state index contributed by atoms with van der Waals surface area (Å²) >= 11 is 3.56. The first-order chi connectivity index (χ1) is 16.5. The maximum absolute atomic E-state index is 12.3. The number of halogens is 1. The zero-order chi connectivity index (χ0) is 24.3. The Balaban J connectivity index is 1.65. The van der Waals surface area contributed by atoms with Crippen LogP contribution in [-0.2, 0) is 17.8 Å². The van der Waals surface area contributed by atoms with Gasteiger partial charge in [0.15, 0.2) is 23.0 Å². The maximum Gasteiger partial charge on any atom is 0.244 e. The Bertz CT molecular complexity index is 1140. The molecule has 8 heteroatoms. The lowest BCUT2D eigenvalue weighted by Crippen LogP contribution is -2.19. The summed E-state index contributed by atoms with van der Waals surface area (Å²) in [4.78, 5) is 12.3. The predicted molar refractivity (Wildman–Crippen MR) is 135 cm³/mol. The van der Waals surface area contributed by atoms with Gasteiger partial charge in [0.25, 0.3) is 0 Å². The molecule has 0 aliphatic rings. The van der Waals surface area contributed by atoms with Gasteiger partial charge in [0.1, 0.15) is 6.61 Å². The highest BCUT2D eigenvalue weighted by atomic mass is 79.9. The van der Waals surface area contributed by atoms with Gasteiger partial charge in [0.2, 0.25) is 5.91 Å². The van der Waals surface area contributed by atoms with Gasteiger partial charge in [0, 0.05) is 0 Å². The molecule has 0 saturated heterocycles. The third kappa shape index (κ3) is 6.99. The Morgan fingerprint density at radius 2 is 1.71 bits per heavy atom. The van der Waals surface area contributed by atoms with Gasteiger partial charge in [-0.2, -0.15) is 5.10 Å². The van der Waals surface area contributed by atoms with Gasteiger partial charge in [-0.25, -0.2) is 5.43 Å². The molecule has 34 heavy (non-hydrogen) atoms. The van der Waals surface area contributed by atoms with Crippen LogP contribution < -0.4 is 24.4 Å². The smallest absolute Gasteiger partial charge is 0.244 e. The van der Waals surface area contributed by atoms with Crippen molar-refractivity contribution >= 4 is 28.1 Å². The minimum atomic E-state index is -0.254. The molecule has 0 spiro atoms. The predicted octanol–water partition coefficient (Wildman–Crippen LogP) is 5.14. The van der Waals surface area contributed by atoms with Crippen molar-refractivity contribution < 1.29 is 23.7 Å². The molecule has 0 saturated carbocycles. The highest BCUT2D eigenvalue weighted by Gasteiger charge is 2.13. The summed E-state index contributed by atoms with van der Waals surface area (Å²) in [7, 11) is 3.12. The van der Waals surface area contributed by atoms with Gasteiger partial charge in [-0.15, -0.1) is 0 Å². The molecule has 7 nitrogen and oxygen atoms in total. The summed E-state index contributed by atoms with van der Waals surface area (Å²) in [6.45, 7) is 2.81. The summed E-state index contributed by atoms with van der Waals surface area (Å²) < 4.78 is 23.0. The quantitative estimate of drug-likeness (QED) is 0.276. The molecule has 3 aromatic rings. The molecule has 0 radical (unpaired) electrons. The van der Waals surface area contributed by atoms with Crippen molar-refractivity contribution in [1.29, 1.82) is 0 Å². The van der Waals surface area contributed by atoms with E-state index in [1.54, 1.807) is 32.6 Å². The molecule has 0 fully saturated rings. The summed E-state index contributed by atoms with van der Waals surface area (Å²) in [5.41, 5.74) is 5.13. The van der Waals surface area contributed by atoms with Gasteiger partial charge in [-0.05, 0) is 63.8 Å². The van der Waals surface area contributed by atoms with Gasteiger partial charge >= 0.3 is 0 Å². The highest BCUT2D eigenvalue weighted by molar-refractivity contribution is 9.10. The molecule has 1 N–H and O–H groups in total. The van der Waals surface area contributed by atoms with E-state index >= 15 is 0 Å². The van der Waals surface area contributed by atoms with E-state index in [4.69, 9.17) is 18.9 Å². The Hall–Kier alpha value is -3.52. The summed E-state index contributed by atoms with van der Waals surface area (Å²) in [6.07, 6.45) is 1.71. The van der Waals surface area contributed by atoms with E-state index in [1.807, 2.05) is 55.5 Å². The van der Waals surface area contributed by atoms with E-state index in [9.17, 15) is 4.79 Å². The second-order valence-electron chi connectivity index (χ2n) is 7.20. The van der Waals surface area contributed by atoms with Gasteiger partial charge in [-0.3, -0.25) is 4.79 Å². The topological polar surface area (TPSA) is 78.4 Å². The number of benzene rings is 3. The van der Waals surface area contributed by atoms with Crippen LogP contribution in [0.3, 0.4) is 0 Å². The molecule has 0 aliphatic heterocycles. The van der Waals surface area contributed by atoms with Crippen molar-refractivity contribution in [3.8, 4) is 23.0 Å². The normalized spacial score (nSPS) is 10.7. The third-order valence-corrected chi connectivity index (χ3v) is 5.36. The van der Waals surface area contributed by atoms with Crippen molar-refractivity contribution in [3.05, 3.63) is 81.8 Å². The minimum absolute atomic E-state index is 0.151. The van der Waals surface area contributed by atoms with Crippen LogP contribution in [-0.4, -0.2) is 32.9 Å². The molecule has 3 rings (SSSR count). The SMILES string of the molecule is CCOc1cc(/C=N/NC(=O)Cc2ccc(OC)c(OC)c2)cc(Br)c1OCc1ccccc1. The second kappa shape index (κ2) is 12.6. The first kappa shape index (κ1) is 25.1. The average Bonchev–Trinajstić information content (AvgIpc) is 2.84. The largest absolute Gasteiger partial charge is 0.493 e. The van der Waals surface area contributed by atoms with Crippen molar-refractivity contribution in [2.24, 2.45) is 5.10 Å². The lowest BCUT2D eigenvalue weighted by atomic mass is 10.1. The van der Waals surface area contributed by atoms with Crippen LogP contribution in [0.25, 0.3) is 0 Å². The van der Waals surface area contributed by atoms with Gasteiger partial charge < -0.3 is 18.9 Å². The van der Waals surface area contributed by atoms with Crippen molar-refractivity contribution in [1.82, 2.24) is 5.43 Å². The fourth-order valence-electron chi connectivity index (χ4n) is 3.19. The number of ether oxygens (including phenoxy) is 4. The van der Waals surface area contributed by atoms with Crippen LogP contribution in [0.1, 0.15) is 23.6 Å². The summed E-state index contributed by atoms with van der Waals surface area (Å²) in [6, 6.07) is 18.9. The molecule has 0 aliphatic carbocycles. The van der Waals surface area contributed by atoms with E-state index in [0.717, 1.165) is 21.2 Å². The lowest BCUT2D eigenvalue weighted by molar-refractivity contribution is -0.120. The number of carbonyl (C=O) groups is 1. The van der Waals surface area contributed by atoms with E-state index in [1.165, 1.54) is 0 Å². The molecule has 0 bridgehead atoms. The molecule has 178 valence electrons. The van der Waals surface area contributed by atoms with Crippen molar-refractivity contribution in [2.45, 2.75) is 20.0 Å². The molecule has 0 aromatic heterocycles. The molecular formula is C26H27BrN2O5. The highest BCUT2D eigenvalue weighted by Crippen LogP contribution is 2.37. The standard InChI is InChI=1S/C26H27BrN2O5/c1-4-33-24-14-20(12-21(27)26(24)34-17-18-8-6-5-7-9-18)16-28-29-25(30)15-19-10-11-22(31-2)23(13-19)32-3/h5-14,16H,4,15,17H2,1-3H3,(H,29,30)/b28-16+. The lowest BCUT2D eigenvalue weighted by Gasteiger charge is -2.14. The number of hydrogen-bond acceptors (Lipinski definition) is 6. The molecular weight excluding hydrogens is 500 g/mol. The van der Waals surface area contributed by atoms with Crippen LogP contribution in [0.5, 0.6) is 23.0 Å². The minimum Gasteiger partial charge on any atom is -0.493 e. The molecule has 0 unspecified atom stereocenters. The number of nitrogens with zero attached hydrogens (tertiary/aromatic N) is 1. The molecule has 0 atom stereocenters. The Morgan fingerprint density at radius 1 is 0.941 bits per heavy atom. The summed E-state index contributed by atoms with van der Waals surface area (Å²) in [5.74, 6) is 2.12. The first-order valence-corrected chi connectivity index (χ1v) is 11.5. The van der Waals surface area contributed by atoms with E-state index in [0.29, 0.717) is 36.2 Å². The van der Waals surface area contributed by atoms with Gasteiger partial charge in [0.05, 0.1) is 37.9 Å². The van der Waals surface area contributed by atoms with Crippen LogP contribution in [0, 0.1) is 0 Å². The Morgan fingerprint density at radius 3 is 2.41 bits per heavy atom. The van der Waals surface area contributed by atoms with Crippen molar-refractivity contribution in [2.75, 3.05) is 20.8 Å². The fourth-order valence-corrected chi connectivity index (χ4v) is 3.76. The van der Waals surface area contributed by atoms with E-state index in [-0.39, 0.29) is 12.3 Å². The van der Waals surface area contributed by atoms with Crippen molar-refractivity contribution in [3.63, 3.8) is 0 Å². The Labute approximate surface area is 207 Å². The number of hydrazone groups is 1. The molecule has 3 aromatic carbocycles. The summed E-state index contributed by atoms with van der Waals surface area (Å²) in [5, 5.41) is 4.08. The van der Waals surface area contributed by atoms with Crippen LogP contribution in [0.15, 0.2) is 70.2 Å². The van der Waals surface area contributed by atoms with Crippen LogP contribution >= 0.6 is 15.9 Å². The maximum atomic E-state index is 12.3. The van der Waals surface area contributed by atoms with Gasteiger partial charge in [-0.1, -0.05) is 36.4 Å². The monoisotopic (exact) mass is 526 g/mol. The first-order valence-electron chi connectivity index (χ1n) is 10.7. The zero-order valence-electron chi connectivity index (χ0n) is 19.3. The third-order valence-electron chi connectivity index (χ3n) is 4.77. The number of methoxy groups -OCH3 is 2. The second-order valence-corrected chi connectivity index (χ2v) is 8.05. The average molecular weight is 527 g/mol. The fraction of sp³-hybridized carbons (Fsp3) is 0.231. The number of rotatable bonds is 11. The number of hydrogen-bond donors (Lipinski definition) is 1. The number of amides is 1. The number of carbonyl (C=O) groups excluding carboxylic acids is 1. The zero-order valence-corrected chi connectivity index (χ0v) is 20.9. The van der Waals surface area contributed by atoms with Crippen LogP contribution in [0.2, 0.25) is 0 Å². The van der Waals surface area contributed by atoms with E-state index < -0.39 is 0 Å². The number of nitrogens with one attached hydrogen (secondary N) is 1. The van der Waals surface area contributed by atoms with E-state index in [2.05, 4.69) is 26.5 Å². The molecule has 0 heterocycles. The molecule has 1 amide bonds.